The van der Waals surface area contributed by atoms with E-state index in [2.05, 4.69) is 20.1 Å². The van der Waals surface area contributed by atoms with Crippen LogP contribution in [-0.2, 0) is 19.2 Å². The molecule has 4 fully saturated rings. The lowest BCUT2D eigenvalue weighted by atomic mass is 9.78. The van der Waals surface area contributed by atoms with Gasteiger partial charge in [-0.3, -0.25) is 29.0 Å². The SMILES string of the molecule is Cc1cc(N2C(=O)C[C@H](N3CCC(C4CCN([C@H]5CC(=O)N(c6cc(C)on6)C5=O)CC4)CC3)C2=O)no1. The highest BCUT2D eigenvalue weighted by Crippen LogP contribution is 2.36. The Labute approximate surface area is 219 Å². The van der Waals surface area contributed by atoms with E-state index < -0.39 is 12.1 Å². The fourth-order valence-electron chi connectivity index (χ4n) is 6.61. The van der Waals surface area contributed by atoms with Crippen LogP contribution in [0.1, 0.15) is 50.0 Å². The maximum absolute atomic E-state index is 13.0. The van der Waals surface area contributed by atoms with Crippen LogP contribution < -0.4 is 9.80 Å². The van der Waals surface area contributed by atoms with E-state index in [1.165, 1.54) is 0 Å². The maximum Gasteiger partial charge on any atom is 0.252 e. The summed E-state index contributed by atoms with van der Waals surface area (Å²) in [4.78, 5) is 57.8. The number of likely N-dealkylation sites (tertiary alicyclic amines) is 2. The maximum atomic E-state index is 13.0. The lowest BCUT2D eigenvalue weighted by Crippen LogP contribution is -2.49. The molecule has 0 aromatic carbocycles. The van der Waals surface area contributed by atoms with E-state index in [-0.39, 0.29) is 48.1 Å². The molecule has 4 aliphatic rings. The van der Waals surface area contributed by atoms with Crippen molar-refractivity contribution in [1.29, 1.82) is 0 Å². The summed E-state index contributed by atoms with van der Waals surface area (Å²) in [5.74, 6) is 1.83. The van der Waals surface area contributed by atoms with Crippen LogP contribution in [0.2, 0.25) is 0 Å². The molecule has 12 nitrogen and oxygen atoms in total. The summed E-state index contributed by atoms with van der Waals surface area (Å²) in [5, 5.41) is 7.70. The predicted molar refractivity (Wildman–Crippen MR) is 133 cm³/mol. The summed E-state index contributed by atoms with van der Waals surface area (Å²) >= 11 is 0. The monoisotopic (exact) mass is 524 g/mol. The number of aromatic nitrogens is 2. The third-order valence-corrected chi connectivity index (χ3v) is 8.63. The summed E-state index contributed by atoms with van der Waals surface area (Å²) in [7, 11) is 0. The van der Waals surface area contributed by atoms with Gasteiger partial charge in [-0.15, -0.1) is 0 Å². The Morgan fingerprint density at radius 1 is 0.658 bits per heavy atom. The Bertz CT molecular complexity index is 1160. The van der Waals surface area contributed by atoms with Crippen LogP contribution in [0.5, 0.6) is 0 Å². The van der Waals surface area contributed by atoms with Crippen molar-refractivity contribution in [3.63, 3.8) is 0 Å². The van der Waals surface area contributed by atoms with E-state index in [0.29, 0.717) is 23.4 Å². The van der Waals surface area contributed by atoms with Gasteiger partial charge in [0.05, 0.1) is 24.9 Å². The molecular formula is C26H32N6O6. The zero-order valence-corrected chi connectivity index (χ0v) is 21.7. The van der Waals surface area contributed by atoms with Gasteiger partial charge in [0.1, 0.15) is 11.5 Å². The Kier molecular flexibility index (Phi) is 6.39. The number of carbonyl (C=O) groups is 4. The molecule has 6 rings (SSSR count). The molecule has 0 unspecified atom stereocenters. The molecule has 0 N–H and O–H groups in total. The van der Waals surface area contributed by atoms with E-state index in [1.807, 2.05) is 0 Å². The van der Waals surface area contributed by atoms with Gasteiger partial charge in [0.2, 0.25) is 11.8 Å². The van der Waals surface area contributed by atoms with Crippen molar-refractivity contribution in [2.75, 3.05) is 36.0 Å². The molecule has 0 spiro atoms. The summed E-state index contributed by atoms with van der Waals surface area (Å²) < 4.78 is 10.1. The van der Waals surface area contributed by atoms with Crippen LogP contribution in [0.25, 0.3) is 0 Å². The molecule has 0 radical (unpaired) electrons. The molecule has 202 valence electrons. The van der Waals surface area contributed by atoms with E-state index in [1.54, 1.807) is 26.0 Å². The molecule has 4 aliphatic heterocycles. The summed E-state index contributed by atoms with van der Waals surface area (Å²) in [6.07, 6.45) is 4.26. The number of aryl methyl sites for hydroxylation is 2. The molecule has 12 heteroatoms. The molecule has 0 aliphatic carbocycles. The minimum atomic E-state index is -0.440. The second-order valence-corrected chi connectivity index (χ2v) is 10.9. The molecule has 2 aromatic rings. The predicted octanol–water partition coefficient (Wildman–Crippen LogP) is 1.67. The molecule has 4 saturated heterocycles. The van der Waals surface area contributed by atoms with Gasteiger partial charge in [0.15, 0.2) is 11.6 Å². The first-order chi connectivity index (χ1) is 18.3. The molecule has 2 aromatic heterocycles. The summed E-state index contributed by atoms with van der Waals surface area (Å²) in [6, 6.07) is 2.34. The smallest absolute Gasteiger partial charge is 0.252 e. The van der Waals surface area contributed by atoms with Crippen LogP contribution in [0.15, 0.2) is 21.2 Å². The molecule has 0 saturated carbocycles. The van der Waals surface area contributed by atoms with Gasteiger partial charge in [-0.25, -0.2) is 9.80 Å². The van der Waals surface area contributed by atoms with Gasteiger partial charge in [-0.05, 0) is 77.5 Å². The van der Waals surface area contributed by atoms with Crippen molar-refractivity contribution in [2.45, 2.75) is 64.5 Å². The molecule has 38 heavy (non-hydrogen) atoms. The number of amides is 4. The Hall–Kier alpha value is -3.38. The number of carbonyl (C=O) groups excluding carboxylic acids is 4. The van der Waals surface area contributed by atoms with Gasteiger partial charge < -0.3 is 9.05 Å². The van der Waals surface area contributed by atoms with E-state index in [9.17, 15) is 19.2 Å². The highest BCUT2D eigenvalue weighted by molar-refractivity contribution is 6.22. The largest absolute Gasteiger partial charge is 0.360 e. The second-order valence-electron chi connectivity index (χ2n) is 10.9. The third-order valence-electron chi connectivity index (χ3n) is 8.63. The minimum absolute atomic E-state index is 0.173. The van der Waals surface area contributed by atoms with Crippen molar-refractivity contribution in [3.05, 3.63) is 23.7 Å². The quantitative estimate of drug-likeness (QED) is 0.532. The zero-order chi connectivity index (χ0) is 26.6. The average molecular weight is 525 g/mol. The van der Waals surface area contributed by atoms with Crippen LogP contribution in [0.3, 0.4) is 0 Å². The van der Waals surface area contributed by atoms with Gasteiger partial charge in [-0.1, -0.05) is 10.3 Å². The lowest BCUT2D eigenvalue weighted by molar-refractivity contribution is -0.125. The van der Waals surface area contributed by atoms with Gasteiger partial charge >= 0.3 is 0 Å². The summed E-state index contributed by atoms with van der Waals surface area (Å²) in [6.45, 7) is 6.58. The Morgan fingerprint density at radius 3 is 1.34 bits per heavy atom. The Morgan fingerprint density at radius 2 is 1.03 bits per heavy atom. The summed E-state index contributed by atoms with van der Waals surface area (Å²) in [5.41, 5.74) is 0. The van der Waals surface area contributed by atoms with Crippen LogP contribution in [-0.4, -0.2) is 82.0 Å². The standard InChI is InChI=1S/C26H32N6O6/c1-15-11-21(27-37-15)31-23(33)13-19(25(31)35)29-7-3-17(4-8-29)18-5-9-30(10-6-18)20-14-24(34)32(26(20)36)22-12-16(2)38-28-22/h11-12,17-20H,3-10,13-14H2,1-2H3/t19-,20-/m0/s1. The number of piperidine rings is 2. The van der Waals surface area contributed by atoms with E-state index >= 15 is 0 Å². The van der Waals surface area contributed by atoms with Crippen LogP contribution in [0.4, 0.5) is 11.6 Å². The molecule has 4 amide bonds. The zero-order valence-electron chi connectivity index (χ0n) is 21.7. The van der Waals surface area contributed by atoms with Crippen LogP contribution in [0, 0.1) is 25.7 Å². The second kappa shape index (κ2) is 9.73. The minimum Gasteiger partial charge on any atom is -0.360 e. The fourth-order valence-corrected chi connectivity index (χ4v) is 6.61. The molecule has 2 atom stereocenters. The molecular weight excluding hydrogens is 492 g/mol. The van der Waals surface area contributed by atoms with Crippen LogP contribution >= 0.6 is 0 Å². The first-order valence-electron chi connectivity index (χ1n) is 13.4. The highest BCUT2D eigenvalue weighted by Gasteiger charge is 2.47. The van der Waals surface area contributed by atoms with Crippen molar-refractivity contribution in [2.24, 2.45) is 11.8 Å². The van der Waals surface area contributed by atoms with Gasteiger partial charge in [-0.2, -0.15) is 0 Å². The number of hydrogen-bond donors (Lipinski definition) is 0. The number of rotatable bonds is 5. The first-order valence-corrected chi connectivity index (χ1v) is 13.4. The fraction of sp³-hybridized carbons (Fsp3) is 0.615. The number of hydrogen-bond acceptors (Lipinski definition) is 10. The number of anilines is 2. The molecule has 0 bridgehead atoms. The first kappa shape index (κ1) is 24.9. The normalized spacial score (nSPS) is 26.9. The third kappa shape index (κ3) is 4.35. The van der Waals surface area contributed by atoms with Crippen molar-refractivity contribution in [1.82, 2.24) is 20.1 Å². The van der Waals surface area contributed by atoms with Gasteiger partial charge in [0, 0.05) is 12.1 Å². The van der Waals surface area contributed by atoms with Crippen molar-refractivity contribution >= 4 is 35.3 Å². The molecule has 6 heterocycles. The van der Waals surface area contributed by atoms with E-state index in [0.717, 1.165) is 61.7 Å². The lowest BCUT2D eigenvalue weighted by Gasteiger charge is -2.42. The van der Waals surface area contributed by atoms with Gasteiger partial charge in [0.25, 0.3) is 11.8 Å². The van der Waals surface area contributed by atoms with Crippen molar-refractivity contribution < 1.29 is 28.2 Å². The number of imide groups is 2. The highest BCUT2D eigenvalue weighted by atomic mass is 16.5. The number of nitrogens with zero attached hydrogens (tertiary/aromatic N) is 6. The van der Waals surface area contributed by atoms with E-state index in [4.69, 9.17) is 9.05 Å². The average Bonchev–Trinajstić information content (AvgIpc) is 3.66. The van der Waals surface area contributed by atoms with Crippen molar-refractivity contribution in [3.8, 4) is 0 Å². The topological polar surface area (TPSA) is 133 Å². The Balaban J connectivity index is 1.00.